The lowest BCUT2D eigenvalue weighted by molar-refractivity contribution is 0.171. The van der Waals surface area contributed by atoms with E-state index < -0.39 is 0 Å². The molecule has 1 saturated heterocycles. The van der Waals surface area contributed by atoms with Gasteiger partial charge in [-0.3, -0.25) is 4.90 Å². The molecular weight excluding hydrogens is 238 g/mol. The van der Waals surface area contributed by atoms with Gasteiger partial charge in [0, 0.05) is 31.7 Å². The third kappa shape index (κ3) is 3.46. The van der Waals surface area contributed by atoms with Crippen LogP contribution in [0, 0.1) is 11.3 Å². The number of hydrogen-bond acceptors (Lipinski definition) is 4. The Hall–Kier alpha value is -1.57. The Bertz CT molecular complexity index is 435. The zero-order valence-corrected chi connectivity index (χ0v) is 11.4. The topological polar surface area (TPSA) is 48.3 Å². The van der Waals surface area contributed by atoms with Crippen molar-refractivity contribution in [2.24, 2.45) is 0 Å². The zero-order valence-electron chi connectivity index (χ0n) is 11.4. The summed E-state index contributed by atoms with van der Waals surface area (Å²) in [7, 11) is 0. The average Bonchev–Trinajstić information content (AvgIpc) is 2.47. The first kappa shape index (κ1) is 13.9. The Morgan fingerprint density at radius 1 is 1.37 bits per heavy atom. The number of hydrogen-bond donors (Lipinski definition) is 1. The fraction of sp³-hybridized carbons (Fsp3) is 0.533. The molecule has 1 heterocycles. The highest BCUT2D eigenvalue weighted by molar-refractivity contribution is 5.36. The summed E-state index contributed by atoms with van der Waals surface area (Å²) in [5.41, 5.74) is 1.13. The quantitative estimate of drug-likeness (QED) is 0.878. The lowest BCUT2D eigenvalue weighted by Gasteiger charge is -2.34. The van der Waals surface area contributed by atoms with Crippen LogP contribution in [0.25, 0.3) is 0 Å². The lowest BCUT2D eigenvalue weighted by atomic mass is 10.0. The predicted octanol–water partition coefficient (Wildman–Crippen LogP) is 1.95. The predicted molar refractivity (Wildman–Crippen MR) is 75.0 cm³/mol. The molecule has 1 aromatic carbocycles. The van der Waals surface area contributed by atoms with Gasteiger partial charge >= 0.3 is 0 Å². The molecule has 19 heavy (non-hydrogen) atoms. The van der Waals surface area contributed by atoms with Gasteiger partial charge in [-0.2, -0.15) is 5.26 Å². The van der Waals surface area contributed by atoms with Crippen LogP contribution in [0.5, 0.6) is 5.75 Å². The summed E-state index contributed by atoms with van der Waals surface area (Å²) in [4.78, 5) is 2.37. The zero-order chi connectivity index (χ0) is 13.5. The Morgan fingerprint density at radius 2 is 2.11 bits per heavy atom. The molecule has 4 heteroatoms. The molecule has 1 fully saturated rings. The van der Waals surface area contributed by atoms with Crippen molar-refractivity contribution in [1.29, 1.82) is 5.26 Å². The maximum absolute atomic E-state index is 9.12. The minimum Gasteiger partial charge on any atom is -0.494 e. The molecule has 0 aromatic heterocycles. The summed E-state index contributed by atoms with van der Waals surface area (Å²) in [5, 5.41) is 12.5. The number of rotatable bonds is 5. The van der Waals surface area contributed by atoms with Gasteiger partial charge in [0.15, 0.2) is 0 Å². The van der Waals surface area contributed by atoms with Crippen LogP contribution in [0.3, 0.4) is 0 Å². The number of nitrogens with one attached hydrogen (secondary N) is 1. The SMILES string of the molecule is CCOc1ccccc1[C@@H](CC#N)N1CCNCC1. The van der Waals surface area contributed by atoms with E-state index >= 15 is 0 Å². The summed E-state index contributed by atoms with van der Waals surface area (Å²) in [5.74, 6) is 0.906. The minimum absolute atomic E-state index is 0.134. The fourth-order valence-corrected chi connectivity index (χ4v) is 2.56. The van der Waals surface area contributed by atoms with Gasteiger partial charge in [-0.1, -0.05) is 18.2 Å². The van der Waals surface area contributed by atoms with Gasteiger partial charge in [0.25, 0.3) is 0 Å². The largest absolute Gasteiger partial charge is 0.494 e. The van der Waals surface area contributed by atoms with Crippen molar-refractivity contribution < 1.29 is 4.74 Å². The van der Waals surface area contributed by atoms with E-state index in [4.69, 9.17) is 10.00 Å². The van der Waals surface area contributed by atoms with Gasteiger partial charge in [-0.25, -0.2) is 0 Å². The first-order chi connectivity index (χ1) is 9.36. The molecule has 1 aliphatic heterocycles. The highest BCUT2D eigenvalue weighted by Gasteiger charge is 2.24. The summed E-state index contributed by atoms with van der Waals surface area (Å²) in [6, 6.07) is 10.5. The second kappa shape index (κ2) is 7.13. The smallest absolute Gasteiger partial charge is 0.124 e. The van der Waals surface area contributed by atoms with Crippen LogP contribution in [-0.4, -0.2) is 37.7 Å². The fourth-order valence-electron chi connectivity index (χ4n) is 2.56. The summed E-state index contributed by atoms with van der Waals surface area (Å²) in [6.45, 7) is 6.57. The number of nitriles is 1. The van der Waals surface area contributed by atoms with E-state index in [1.54, 1.807) is 0 Å². The second-order valence-electron chi connectivity index (χ2n) is 4.63. The van der Waals surface area contributed by atoms with Crippen LogP contribution >= 0.6 is 0 Å². The lowest BCUT2D eigenvalue weighted by Crippen LogP contribution is -2.45. The van der Waals surface area contributed by atoms with Crippen LogP contribution < -0.4 is 10.1 Å². The van der Waals surface area contributed by atoms with Crippen molar-refractivity contribution >= 4 is 0 Å². The van der Waals surface area contributed by atoms with Gasteiger partial charge in [0.05, 0.1) is 25.1 Å². The molecule has 0 radical (unpaired) electrons. The molecule has 0 saturated carbocycles. The van der Waals surface area contributed by atoms with Crippen molar-refractivity contribution in [2.45, 2.75) is 19.4 Å². The van der Waals surface area contributed by atoms with Gasteiger partial charge in [0.1, 0.15) is 5.75 Å². The van der Waals surface area contributed by atoms with Crippen molar-refractivity contribution in [2.75, 3.05) is 32.8 Å². The molecule has 4 nitrogen and oxygen atoms in total. The molecular formula is C15H21N3O. The maximum Gasteiger partial charge on any atom is 0.124 e. The normalized spacial score (nSPS) is 17.7. The van der Waals surface area contributed by atoms with Crippen molar-refractivity contribution in [3.63, 3.8) is 0 Å². The van der Waals surface area contributed by atoms with E-state index in [1.807, 2.05) is 25.1 Å². The molecule has 1 aliphatic rings. The molecule has 1 atom stereocenters. The van der Waals surface area contributed by atoms with E-state index in [-0.39, 0.29) is 6.04 Å². The highest BCUT2D eigenvalue weighted by atomic mass is 16.5. The third-order valence-corrected chi connectivity index (χ3v) is 3.45. The maximum atomic E-state index is 9.12. The Morgan fingerprint density at radius 3 is 2.79 bits per heavy atom. The molecule has 102 valence electrons. The molecule has 0 amide bonds. The Labute approximate surface area is 115 Å². The number of benzene rings is 1. The monoisotopic (exact) mass is 259 g/mol. The number of piperazine rings is 1. The Balaban J connectivity index is 2.24. The third-order valence-electron chi connectivity index (χ3n) is 3.45. The number of nitrogens with zero attached hydrogens (tertiary/aromatic N) is 2. The summed E-state index contributed by atoms with van der Waals surface area (Å²) < 4.78 is 5.70. The van der Waals surface area contributed by atoms with Crippen LogP contribution in [0.2, 0.25) is 0 Å². The minimum atomic E-state index is 0.134. The Kier molecular flexibility index (Phi) is 5.20. The van der Waals surface area contributed by atoms with Gasteiger partial charge < -0.3 is 10.1 Å². The second-order valence-corrected chi connectivity index (χ2v) is 4.63. The molecule has 1 aromatic rings. The van der Waals surface area contributed by atoms with Crippen LogP contribution in [0.15, 0.2) is 24.3 Å². The molecule has 0 aliphatic carbocycles. The molecule has 1 N–H and O–H groups in total. The highest BCUT2D eigenvalue weighted by Crippen LogP contribution is 2.31. The molecule has 2 rings (SSSR count). The molecule has 0 bridgehead atoms. The summed E-state index contributed by atoms with van der Waals surface area (Å²) >= 11 is 0. The first-order valence-electron chi connectivity index (χ1n) is 6.90. The average molecular weight is 259 g/mol. The van der Waals surface area contributed by atoms with Gasteiger partial charge in [0.2, 0.25) is 0 Å². The van der Waals surface area contributed by atoms with E-state index in [2.05, 4.69) is 22.4 Å². The van der Waals surface area contributed by atoms with Gasteiger partial charge in [-0.15, -0.1) is 0 Å². The van der Waals surface area contributed by atoms with Crippen LogP contribution in [0.1, 0.15) is 24.9 Å². The van der Waals surface area contributed by atoms with E-state index in [1.165, 1.54) is 0 Å². The molecule has 0 spiro atoms. The number of para-hydroxylation sites is 1. The number of ether oxygens (including phenoxy) is 1. The van der Waals surface area contributed by atoms with E-state index in [0.29, 0.717) is 13.0 Å². The van der Waals surface area contributed by atoms with Crippen molar-refractivity contribution in [3.05, 3.63) is 29.8 Å². The van der Waals surface area contributed by atoms with Crippen molar-refractivity contribution in [3.8, 4) is 11.8 Å². The van der Waals surface area contributed by atoms with Crippen LogP contribution in [-0.2, 0) is 0 Å². The summed E-state index contributed by atoms with van der Waals surface area (Å²) in [6.07, 6.45) is 0.504. The van der Waals surface area contributed by atoms with Crippen LogP contribution in [0.4, 0.5) is 0 Å². The van der Waals surface area contributed by atoms with Gasteiger partial charge in [-0.05, 0) is 13.0 Å². The first-order valence-corrected chi connectivity index (χ1v) is 6.90. The van der Waals surface area contributed by atoms with E-state index in [9.17, 15) is 0 Å². The van der Waals surface area contributed by atoms with Crippen molar-refractivity contribution in [1.82, 2.24) is 10.2 Å². The molecule has 0 unspecified atom stereocenters. The standard InChI is InChI=1S/C15H21N3O/c1-2-19-15-6-4-3-5-13(15)14(7-8-16)18-11-9-17-10-12-18/h3-6,14,17H,2,7,9-12H2,1H3/t14-/m1/s1. The van der Waals surface area contributed by atoms with E-state index in [0.717, 1.165) is 37.5 Å².